The van der Waals surface area contributed by atoms with Crippen LogP contribution in [0.3, 0.4) is 0 Å². The van der Waals surface area contributed by atoms with Crippen molar-refractivity contribution in [2.45, 2.75) is 42.6 Å². The summed E-state index contributed by atoms with van der Waals surface area (Å²) in [4.78, 5) is 14.6. The van der Waals surface area contributed by atoms with E-state index >= 15 is 0 Å². The number of aromatic nitrogens is 1. The number of aromatic amines is 1. The number of halogens is 1. The van der Waals surface area contributed by atoms with Gasteiger partial charge in [0, 0.05) is 29.0 Å². The number of carbonyl (C=O) groups is 1. The van der Waals surface area contributed by atoms with E-state index in [-0.39, 0.29) is 23.7 Å². The molecule has 9 heteroatoms. The van der Waals surface area contributed by atoms with E-state index < -0.39 is 21.5 Å². The number of nitrogens with two attached hydrogens (primary N) is 1. The number of nitrogens with zero attached hydrogens (tertiary/aromatic N) is 1. The van der Waals surface area contributed by atoms with Crippen molar-refractivity contribution in [3.05, 3.63) is 64.8 Å². The number of benzene rings is 2. The summed E-state index contributed by atoms with van der Waals surface area (Å²) in [6.07, 6.45) is 2.94. The van der Waals surface area contributed by atoms with Gasteiger partial charge in [0.15, 0.2) is 0 Å². The van der Waals surface area contributed by atoms with Crippen molar-refractivity contribution in [1.82, 2.24) is 9.29 Å². The predicted molar refractivity (Wildman–Crippen MR) is 124 cm³/mol. The van der Waals surface area contributed by atoms with Crippen molar-refractivity contribution in [3.63, 3.8) is 0 Å². The molecule has 0 bridgehead atoms. The van der Waals surface area contributed by atoms with E-state index in [1.54, 1.807) is 12.1 Å². The van der Waals surface area contributed by atoms with Crippen LogP contribution in [-0.2, 0) is 16.4 Å². The number of primary amides is 1. The highest BCUT2D eigenvalue weighted by molar-refractivity contribution is 7.89. The minimum Gasteiger partial charge on any atom is -0.390 e. The van der Waals surface area contributed by atoms with E-state index in [0.717, 1.165) is 12.8 Å². The molecule has 0 unspecified atom stereocenters. The maximum Gasteiger partial charge on any atom is 0.266 e. The number of nitrogens with one attached hydrogen (secondary N) is 1. The molecule has 1 aliphatic heterocycles. The number of H-pyrrole nitrogens is 1. The van der Waals surface area contributed by atoms with Crippen molar-refractivity contribution in [1.29, 1.82) is 0 Å². The van der Waals surface area contributed by atoms with Crippen LogP contribution < -0.4 is 5.73 Å². The highest BCUT2D eigenvalue weighted by Crippen LogP contribution is 2.35. The van der Waals surface area contributed by atoms with Crippen molar-refractivity contribution >= 4 is 38.4 Å². The topological polar surface area (TPSA) is 116 Å². The van der Waals surface area contributed by atoms with Crippen LogP contribution in [-0.4, -0.2) is 47.4 Å². The Hall–Kier alpha value is -2.39. The van der Waals surface area contributed by atoms with Gasteiger partial charge in [-0.1, -0.05) is 41.9 Å². The Kier molecular flexibility index (Phi) is 6.31. The molecule has 2 heterocycles. The highest BCUT2D eigenvalue weighted by Gasteiger charge is 2.39. The zero-order chi connectivity index (χ0) is 22.9. The van der Waals surface area contributed by atoms with Gasteiger partial charge in [0.05, 0.1) is 5.60 Å². The molecule has 0 saturated carbocycles. The first kappa shape index (κ1) is 22.8. The lowest BCUT2D eigenvalue weighted by Crippen LogP contribution is -2.46. The molecule has 170 valence electrons. The molecular weight excluding hydrogens is 450 g/mol. The summed E-state index contributed by atoms with van der Waals surface area (Å²) < 4.78 is 28.3. The maximum absolute atomic E-state index is 13.5. The van der Waals surface area contributed by atoms with Crippen molar-refractivity contribution in [2.75, 3.05) is 13.1 Å². The van der Waals surface area contributed by atoms with Crippen LogP contribution in [0.4, 0.5) is 0 Å². The normalized spacial score (nSPS) is 16.9. The Labute approximate surface area is 192 Å². The van der Waals surface area contributed by atoms with Crippen LogP contribution in [0.25, 0.3) is 10.9 Å². The first-order valence-electron chi connectivity index (χ1n) is 10.6. The lowest BCUT2D eigenvalue weighted by atomic mass is 9.87. The number of aliphatic hydroxyl groups is 1. The van der Waals surface area contributed by atoms with Gasteiger partial charge in [-0.15, -0.1) is 0 Å². The molecule has 1 saturated heterocycles. The number of fused-ring (bicyclic) bond motifs is 1. The molecule has 3 aromatic rings. The van der Waals surface area contributed by atoms with Crippen LogP contribution in [0.2, 0.25) is 5.02 Å². The molecule has 0 atom stereocenters. The van der Waals surface area contributed by atoms with Gasteiger partial charge in [-0.25, -0.2) is 8.42 Å². The molecule has 0 spiro atoms. The molecule has 1 fully saturated rings. The molecule has 32 heavy (non-hydrogen) atoms. The molecule has 1 amide bonds. The Balaban J connectivity index is 1.50. The van der Waals surface area contributed by atoms with Gasteiger partial charge in [-0.3, -0.25) is 4.79 Å². The Bertz CT molecular complexity index is 1230. The van der Waals surface area contributed by atoms with Crippen LogP contribution in [0.1, 0.15) is 41.7 Å². The zero-order valence-corrected chi connectivity index (χ0v) is 19.1. The van der Waals surface area contributed by atoms with E-state index in [2.05, 4.69) is 17.1 Å². The average Bonchev–Trinajstić information content (AvgIpc) is 3.14. The second-order valence-corrected chi connectivity index (χ2v) is 10.7. The highest BCUT2D eigenvalue weighted by atomic mass is 35.5. The summed E-state index contributed by atoms with van der Waals surface area (Å²) in [6, 6.07) is 14.8. The van der Waals surface area contributed by atoms with Crippen LogP contribution in [0.15, 0.2) is 53.4 Å². The number of amides is 1. The van der Waals surface area contributed by atoms with Gasteiger partial charge >= 0.3 is 0 Å². The largest absolute Gasteiger partial charge is 0.390 e. The number of rotatable bonds is 7. The number of hydrogen-bond acceptors (Lipinski definition) is 4. The molecule has 2 aromatic carbocycles. The lowest BCUT2D eigenvalue weighted by molar-refractivity contribution is -0.0136. The van der Waals surface area contributed by atoms with E-state index in [9.17, 15) is 18.3 Å². The number of hydrogen-bond donors (Lipinski definition) is 3. The SMILES string of the molecule is NC(=O)c1[nH]c2ccc(Cl)cc2c1S(=O)(=O)N1CCC(O)(CCCc2ccccc2)CC1. The number of aryl methyl sites for hydroxylation is 1. The quantitative estimate of drug-likeness (QED) is 0.485. The lowest BCUT2D eigenvalue weighted by Gasteiger charge is -2.37. The number of piperidine rings is 1. The summed E-state index contributed by atoms with van der Waals surface area (Å²) >= 11 is 6.07. The van der Waals surface area contributed by atoms with Crippen LogP contribution in [0, 0.1) is 0 Å². The summed E-state index contributed by atoms with van der Waals surface area (Å²) in [5.74, 6) is -0.856. The third-order valence-electron chi connectivity index (χ3n) is 6.16. The summed E-state index contributed by atoms with van der Waals surface area (Å²) in [5, 5.41) is 11.7. The maximum atomic E-state index is 13.5. The van der Waals surface area contributed by atoms with E-state index in [4.69, 9.17) is 17.3 Å². The third kappa shape index (κ3) is 4.54. The fourth-order valence-corrected chi connectivity index (χ4v) is 6.32. The molecule has 7 nitrogen and oxygen atoms in total. The molecule has 0 radical (unpaired) electrons. The Morgan fingerprint density at radius 1 is 1.16 bits per heavy atom. The minimum atomic E-state index is -4.02. The first-order valence-corrected chi connectivity index (χ1v) is 12.4. The zero-order valence-electron chi connectivity index (χ0n) is 17.6. The monoisotopic (exact) mass is 475 g/mol. The van der Waals surface area contributed by atoms with Crippen molar-refractivity contribution < 1.29 is 18.3 Å². The van der Waals surface area contributed by atoms with Gasteiger partial charge in [0.1, 0.15) is 10.6 Å². The molecular formula is C23H26ClN3O4S. The van der Waals surface area contributed by atoms with Gasteiger partial charge < -0.3 is 15.8 Å². The average molecular weight is 476 g/mol. The smallest absolute Gasteiger partial charge is 0.266 e. The second kappa shape index (κ2) is 8.86. The van der Waals surface area contributed by atoms with E-state index in [1.165, 1.54) is 15.9 Å². The third-order valence-corrected chi connectivity index (χ3v) is 8.38. The fraction of sp³-hybridized carbons (Fsp3) is 0.348. The summed E-state index contributed by atoms with van der Waals surface area (Å²) in [5.41, 5.74) is 6.08. The fourth-order valence-electron chi connectivity index (χ4n) is 4.37. The minimum absolute atomic E-state index is 0.156. The number of carbonyl (C=O) groups excluding carboxylic acids is 1. The Morgan fingerprint density at radius 2 is 1.84 bits per heavy atom. The summed E-state index contributed by atoms with van der Waals surface area (Å²) in [7, 11) is -4.02. The molecule has 1 aromatic heterocycles. The summed E-state index contributed by atoms with van der Waals surface area (Å²) in [6.45, 7) is 0.325. The van der Waals surface area contributed by atoms with Crippen molar-refractivity contribution in [2.24, 2.45) is 5.73 Å². The molecule has 4 rings (SSSR count). The number of sulfonamides is 1. The second-order valence-electron chi connectivity index (χ2n) is 8.35. The Morgan fingerprint density at radius 3 is 2.50 bits per heavy atom. The van der Waals surface area contributed by atoms with Crippen LogP contribution >= 0.6 is 11.6 Å². The molecule has 4 N–H and O–H groups in total. The molecule has 1 aliphatic rings. The van der Waals surface area contributed by atoms with E-state index in [1.807, 2.05) is 18.2 Å². The van der Waals surface area contributed by atoms with Gasteiger partial charge in [0.25, 0.3) is 5.91 Å². The van der Waals surface area contributed by atoms with Gasteiger partial charge in [-0.2, -0.15) is 4.31 Å². The molecule has 0 aliphatic carbocycles. The van der Waals surface area contributed by atoms with Crippen LogP contribution in [0.5, 0.6) is 0 Å². The van der Waals surface area contributed by atoms with E-state index in [0.29, 0.717) is 35.2 Å². The first-order chi connectivity index (χ1) is 15.2. The standard InChI is InChI=1S/C23H26ClN3O4S/c24-17-8-9-19-18(15-17)21(20(26-19)22(25)28)32(30,31)27-13-11-23(29,12-14-27)10-4-7-16-5-2-1-3-6-16/h1-3,5-6,8-9,15,26,29H,4,7,10-14H2,(H2,25,28). The van der Waals surface area contributed by atoms with Gasteiger partial charge in [-0.05, 0) is 55.9 Å². The van der Waals surface area contributed by atoms with Gasteiger partial charge in [0.2, 0.25) is 10.0 Å². The predicted octanol–water partition coefficient (Wildman–Crippen LogP) is 3.46. The van der Waals surface area contributed by atoms with Crippen molar-refractivity contribution in [3.8, 4) is 0 Å².